The van der Waals surface area contributed by atoms with Gasteiger partial charge >= 0.3 is 0 Å². The van der Waals surface area contributed by atoms with Crippen molar-refractivity contribution in [2.45, 2.75) is 20.4 Å². The molecule has 0 saturated carbocycles. The van der Waals surface area contributed by atoms with Gasteiger partial charge in [0.25, 0.3) is 0 Å². The van der Waals surface area contributed by atoms with Gasteiger partial charge in [-0.25, -0.2) is 15.0 Å². The summed E-state index contributed by atoms with van der Waals surface area (Å²) in [6, 6.07) is 14.5. The fourth-order valence-electron chi connectivity index (χ4n) is 3.93. The van der Waals surface area contributed by atoms with Crippen molar-refractivity contribution in [1.29, 1.82) is 0 Å². The summed E-state index contributed by atoms with van der Waals surface area (Å²) in [7, 11) is 2.18. The SMILES string of the molecule is Cc1ccc(Nc2cc(C)c3nc(Nc4ccc(CN5CCN(C)CC5)cn4)sc3n2)cc1. The normalized spacial score (nSPS) is 15.1. The van der Waals surface area contributed by atoms with E-state index in [2.05, 4.69) is 76.6 Å². The van der Waals surface area contributed by atoms with Gasteiger partial charge in [0.1, 0.15) is 22.0 Å². The zero-order valence-corrected chi connectivity index (χ0v) is 20.1. The van der Waals surface area contributed by atoms with Crippen molar-refractivity contribution in [1.82, 2.24) is 24.8 Å². The summed E-state index contributed by atoms with van der Waals surface area (Å²) in [5.41, 5.74) is 5.51. The summed E-state index contributed by atoms with van der Waals surface area (Å²) < 4.78 is 0. The van der Waals surface area contributed by atoms with Gasteiger partial charge in [-0.15, -0.1) is 0 Å². The van der Waals surface area contributed by atoms with Crippen LogP contribution in [-0.2, 0) is 6.54 Å². The number of fused-ring (bicyclic) bond motifs is 1. The van der Waals surface area contributed by atoms with Crippen LogP contribution in [-0.4, -0.2) is 58.0 Å². The first-order valence-corrected chi connectivity index (χ1v) is 12.1. The lowest BCUT2D eigenvalue weighted by Gasteiger charge is -2.32. The molecule has 1 aromatic carbocycles. The highest BCUT2D eigenvalue weighted by Gasteiger charge is 2.14. The number of benzene rings is 1. The molecule has 8 heteroatoms. The molecule has 33 heavy (non-hydrogen) atoms. The van der Waals surface area contributed by atoms with Crippen molar-refractivity contribution in [3.05, 3.63) is 65.4 Å². The average molecular weight is 460 g/mol. The summed E-state index contributed by atoms with van der Waals surface area (Å²) in [5, 5.41) is 7.54. The minimum absolute atomic E-state index is 0.798. The number of hydrogen-bond donors (Lipinski definition) is 2. The van der Waals surface area contributed by atoms with Gasteiger partial charge in [-0.1, -0.05) is 35.1 Å². The molecule has 4 heterocycles. The van der Waals surface area contributed by atoms with E-state index in [9.17, 15) is 0 Å². The predicted molar refractivity (Wildman–Crippen MR) is 137 cm³/mol. The summed E-state index contributed by atoms with van der Waals surface area (Å²) >= 11 is 1.54. The van der Waals surface area contributed by atoms with Gasteiger partial charge in [0.05, 0.1) is 0 Å². The van der Waals surface area contributed by atoms with Crippen LogP contribution >= 0.6 is 11.3 Å². The molecule has 0 radical (unpaired) electrons. The van der Waals surface area contributed by atoms with E-state index in [0.717, 1.165) is 71.1 Å². The molecule has 1 fully saturated rings. The minimum atomic E-state index is 0.798. The number of likely N-dealkylation sites (N-methyl/N-ethyl adjacent to an activating group) is 1. The third kappa shape index (κ3) is 5.30. The Labute approximate surface area is 198 Å². The predicted octanol–water partition coefficient (Wildman–Crippen LogP) is 4.94. The van der Waals surface area contributed by atoms with Crippen molar-refractivity contribution in [3.63, 3.8) is 0 Å². The number of aryl methyl sites for hydroxylation is 2. The topological polar surface area (TPSA) is 69.2 Å². The zero-order chi connectivity index (χ0) is 22.8. The third-order valence-electron chi connectivity index (χ3n) is 5.94. The molecule has 2 N–H and O–H groups in total. The average Bonchev–Trinajstić information content (AvgIpc) is 3.21. The van der Waals surface area contributed by atoms with Gasteiger partial charge in [0, 0.05) is 44.6 Å². The summed E-state index contributed by atoms with van der Waals surface area (Å²) in [6.45, 7) is 9.56. The Morgan fingerprint density at radius 2 is 1.70 bits per heavy atom. The highest BCUT2D eigenvalue weighted by molar-refractivity contribution is 7.21. The Kier molecular flexibility index (Phi) is 6.22. The van der Waals surface area contributed by atoms with Crippen LogP contribution in [0.2, 0.25) is 0 Å². The fourth-order valence-corrected chi connectivity index (χ4v) is 4.85. The number of pyridine rings is 2. The highest BCUT2D eigenvalue weighted by atomic mass is 32.1. The second-order valence-electron chi connectivity index (χ2n) is 8.74. The fraction of sp³-hybridized carbons (Fsp3) is 0.320. The van der Waals surface area contributed by atoms with Gasteiger partial charge in [0.2, 0.25) is 0 Å². The number of piperazine rings is 1. The molecule has 4 aromatic rings. The Morgan fingerprint density at radius 1 is 0.909 bits per heavy atom. The van der Waals surface area contributed by atoms with Crippen LogP contribution < -0.4 is 10.6 Å². The van der Waals surface area contributed by atoms with Crippen molar-refractivity contribution < 1.29 is 0 Å². The van der Waals surface area contributed by atoms with Crippen LogP contribution in [0.15, 0.2) is 48.7 Å². The van der Waals surface area contributed by atoms with Crippen LogP contribution in [0.25, 0.3) is 10.3 Å². The van der Waals surface area contributed by atoms with E-state index < -0.39 is 0 Å². The highest BCUT2D eigenvalue weighted by Crippen LogP contribution is 2.31. The number of aromatic nitrogens is 3. The molecule has 0 unspecified atom stereocenters. The molecule has 0 atom stereocenters. The summed E-state index contributed by atoms with van der Waals surface area (Å²) in [4.78, 5) is 19.9. The molecule has 3 aromatic heterocycles. The maximum Gasteiger partial charge on any atom is 0.190 e. The van der Waals surface area contributed by atoms with Crippen LogP contribution in [0.1, 0.15) is 16.7 Å². The van der Waals surface area contributed by atoms with Crippen molar-refractivity contribution in [2.75, 3.05) is 43.9 Å². The molecule has 0 bridgehead atoms. The van der Waals surface area contributed by atoms with Crippen LogP contribution in [0, 0.1) is 13.8 Å². The first-order valence-electron chi connectivity index (χ1n) is 11.3. The van der Waals surface area contributed by atoms with Gasteiger partial charge in [-0.3, -0.25) is 4.90 Å². The molecule has 0 aliphatic carbocycles. The molecular weight excluding hydrogens is 430 g/mol. The Morgan fingerprint density at radius 3 is 2.42 bits per heavy atom. The van der Waals surface area contributed by atoms with Crippen molar-refractivity contribution >= 4 is 44.1 Å². The number of nitrogens with zero attached hydrogens (tertiary/aromatic N) is 5. The first kappa shape index (κ1) is 21.8. The Hall–Kier alpha value is -3.07. The van der Waals surface area contributed by atoms with E-state index in [4.69, 9.17) is 9.97 Å². The monoisotopic (exact) mass is 459 g/mol. The van der Waals surface area contributed by atoms with E-state index in [0.29, 0.717) is 0 Å². The second kappa shape index (κ2) is 9.43. The standard InChI is InChI=1S/C25H29N7S/c1-17-4-7-20(8-5-17)27-22-14-18(2)23-24(28-22)33-25(30-23)29-21-9-6-19(15-26-21)16-32-12-10-31(3)11-13-32/h4-9,14-15H,10-13,16H2,1-3H3,(H,27,28)(H,26,29,30). The molecule has 1 saturated heterocycles. The minimum Gasteiger partial charge on any atom is -0.340 e. The van der Waals surface area contributed by atoms with Gasteiger partial charge in [-0.05, 0) is 56.3 Å². The second-order valence-corrected chi connectivity index (χ2v) is 9.72. The quantitative estimate of drug-likeness (QED) is 0.423. The Balaban J connectivity index is 1.27. The largest absolute Gasteiger partial charge is 0.340 e. The van der Waals surface area contributed by atoms with E-state index >= 15 is 0 Å². The number of rotatable bonds is 6. The summed E-state index contributed by atoms with van der Waals surface area (Å²) in [6.07, 6.45) is 1.96. The van der Waals surface area contributed by atoms with Crippen LogP contribution in [0.5, 0.6) is 0 Å². The zero-order valence-electron chi connectivity index (χ0n) is 19.3. The summed E-state index contributed by atoms with van der Waals surface area (Å²) in [5.74, 6) is 1.62. The number of hydrogen-bond acceptors (Lipinski definition) is 8. The lowest BCUT2D eigenvalue weighted by molar-refractivity contribution is 0.148. The lowest BCUT2D eigenvalue weighted by Crippen LogP contribution is -2.43. The molecule has 7 nitrogen and oxygen atoms in total. The van der Waals surface area contributed by atoms with Crippen LogP contribution in [0.4, 0.5) is 22.5 Å². The Bertz CT molecular complexity index is 1230. The van der Waals surface area contributed by atoms with Crippen LogP contribution in [0.3, 0.4) is 0 Å². The van der Waals surface area contributed by atoms with Gasteiger partial charge < -0.3 is 15.5 Å². The molecule has 1 aliphatic rings. The lowest BCUT2D eigenvalue weighted by atomic mass is 10.2. The smallest absolute Gasteiger partial charge is 0.190 e. The molecule has 170 valence electrons. The van der Waals surface area contributed by atoms with E-state index in [1.54, 1.807) is 11.3 Å². The van der Waals surface area contributed by atoms with E-state index in [1.165, 1.54) is 11.1 Å². The number of anilines is 4. The maximum absolute atomic E-state index is 4.78. The first-order chi connectivity index (χ1) is 16.0. The third-order valence-corrected chi connectivity index (χ3v) is 6.81. The van der Waals surface area contributed by atoms with Gasteiger partial charge in [-0.2, -0.15) is 0 Å². The number of nitrogens with one attached hydrogen (secondary N) is 2. The van der Waals surface area contributed by atoms with Gasteiger partial charge in [0.15, 0.2) is 5.13 Å². The van der Waals surface area contributed by atoms with Crippen molar-refractivity contribution in [2.24, 2.45) is 0 Å². The molecule has 0 spiro atoms. The van der Waals surface area contributed by atoms with E-state index in [1.807, 2.05) is 18.3 Å². The molecular formula is C25H29N7S. The van der Waals surface area contributed by atoms with Crippen molar-refractivity contribution in [3.8, 4) is 0 Å². The molecule has 5 rings (SSSR count). The number of thiazole rings is 1. The van der Waals surface area contributed by atoms with E-state index in [-0.39, 0.29) is 0 Å². The molecule has 0 amide bonds. The molecule has 1 aliphatic heterocycles. The maximum atomic E-state index is 4.78.